The standard InChI is InChI=1S/C16H23N3O5/c1-12(19(23)10-6-5-9-14(17)15(20)21)18-11-24-16(22)13-7-3-2-4-8-13/h2-4,7-8,14,23H,5-6,9-11,17H2,1H3,(H,20,21)/b18-12-/t14-/m0/s1. The molecule has 0 saturated carbocycles. The van der Waals surface area contributed by atoms with Gasteiger partial charge in [0.15, 0.2) is 6.73 Å². The van der Waals surface area contributed by atoms with E-state index in [-0.39, 0.29) is 13.3 Å². The summed E-state index contributed by atoms with van der Waals surface area (Å²) in [7, 11) is 0. The first-order valence-corrected chi connectivity index (χ1v) is 7.60. The first-order chi connectivity index (χ1) is 11.4. The SMILES string of the molecule is C/C(=N/COC(=O)c1ccccc1)N(O)CCCC[C@H](N)C(=O)O. The van der Waals surface area contributed by atoms with E-state index in [2.05, 4.69) is 4.99 Å². The van der Waals surface area contributed by atoms with Crippen LogP contribution in [0.4, 0.5) is 0 Å². The lowest BCUT2D eigenvalue weighted by molar-refractivity contribution is -0.138. The number of carbonyl (C=O) groups is 2. The van der Waals surface area contributed by atoms with Gasteiger partial charge in [-0.15, -0.1) is 0 Å². The number of ether oxygens (including phenoxy) is 1. The summed E-state index contributed by atoms with van der Waals surface area (Å²) >= 11 is 0. The fourth-order valence-electron chi connectivity index (χ4n) is 1.83. The molecular formula is C16H23N3O5. The van der Waals surface area contributed by atoms with Gasteiger partial charge in [0.25, 0.3) is 0 Å². The Labute approximate surface area is 140 Å². The van der Waals surface area contributed by atoms with Gasteiger partial charge >= 0.3 is 11.9 Å². The Bertz CT molecular complexity index is 562. The van der Waals surface area contributed by atoms with Crippen molar-refractivity contribution in [1.82, 2.24) is 5.06 Å². The number of nitrogens with two attached hydrogens (primary N) is 1. The largest absolute Gasteiger partial charge is 0.480 e. The number of carbonyl (C=O) groups excluding carboxylic acids is 1. The van der Waals surface area contributed by atoms with Crippen molar-refractivity contribution in [3.63, 3.8) is 0 Å². The molecule has 0 aromatic heterocycles. The third-order valence-electron chi connectivity index (χ3n) is 3.32. The Kier molecular flexibility index (Phi) is 8.45. The number of unbranched alkanes of at least 4 members (excludes halogenated alkanes) is 1. The molecule has 0 bridgehead atoms. The van der Waals surface area contributed by atoms with Crippen LogP contribution in [0.3, 0.4) is 0 Å². The number of nitrogens with zero attached hydrogens (tertiary/aromatic N) is 2. The molecule has 4 N–H and O–H groups in total. The molecule has 0 aliphatic carbocycles. The average Bonchev–Trinajstić information content (AvgIpc) is 2.58. The Morgan fingerprint density at radius 3 is 2.58 bits per heavy atom. The van der Waals surface area contributed by atoms with E-state index >= 15 is 0 Å². The predicted molar refractivity (Wildman–Crippen MR) is 87.8 cm³/mol. The zero-order valence-electron chi connectivity index (χ0n) is 13.6. The molecule has 8 heteroatoms. The maximum absolute atomic E-state index is 11.7. The number of rotatable bonds is 9. The van der Waals surface area contributed by atoms with Crippen LogP contribution in [0, 0.1) is 0 Å². The number of esters is 1. The van der Waals surface area contributed by atoms with Gasteiger partial charge in [-0.1, -0.05) is 18.2 Å². The third-order valence-corrected chi connectivity index (χ3v) is 3.32. The number of hydrogen-bond acceptors (Lipinski definition) is 6. The third kappa shape index (κ3) is 7.21. The highest BCUT2D eigenvalue weighted by atomic mass is 16.5. The van der Waals surface area contributed by atoms with Crippen molar-refractivity contribution in [1.29, 1.82) is 0 Å². The van der Waals surface area contributed by atoms with E-state index in [0.29, 0.717) is 30.7 Å². The van der Waals surface area contributed by atoms with Crippen molar-refractivity contribution in [2.45, 2.75) is 32.2 Å². The summed E-state index contributed by atoms with van der Waals surface area (Å²) in [4.78, 5) is 26.2. The molecule has 0 fully saturated rings. The fraction of sp³-hybridized carbons (Fsp3) is 0.438. The molecule has 132 valence electrons. The molecule has 0 saturated heterocycles. The van der Waals surface area contributed by atoms with Gasteiger partial charge < -0.3 is 15.6 Å². The van der Waals surface area contributed by atoms with Crippen LogP contribution in [0.15, 0.2) is 35.3 Å². The van der Waals surface area contributed by atoms with E-state index in [9.17, 15) is 14.8 Å². The topological polar surface area (TPSA) is 125 Å². The van der Waals surface area contributed by atoms with E-state index in [0.717, 1.165) is 5.06 Å². The number of amidine groups is 1. The number of aliphatic imine (C=N–C) groups is 1. The van der Waals surface area contributed by atoms with Gasteiger partial charge in [-0.05, 0) is 38.3 Å². The van der Waals surface area contributed by atoms with Gasteiger partial charge in [0.05, 0.1) is 5.56 Å². The molecule has 24 heavy (non-hydrogen) atoms. The van der Waals surface area contributed by atoms with Gasteiger partial charge in [0, 0.05) is 6.54 Å². The quantitative estimate of drug-likeness (QED) is 0.205. The maximum Gasteiger partial charge on any atom is 0.339 e. The van der Waals surface area contributed by atoms with Crippen LogP contribution in [0.25, 0.3) is 0 Å². The molecule has 1 rings (SSSR count). The summed E-state index contributed by atoms with van der Waals surface area (Å²) < 4.78 is 4.99. The molecule has 1 aromatic carbocycles. The first kappa shape index (κ1) is 19.6. The Morgan fingerprint density at radius 1 is 1.29 bits per heavy atom. The van der Waals surface area contributed by atoms with E-state index in [1.165, 1.54) is 0 Å². The zero-order chi connectivity index (χ0) is 17.9. The van der Waals surface area contributed by atoms with Crippen molar-refractivity contribution < 1.29 is 24.6 Å². The number of benzene rings is 1. The lowest BCUT2D eigenvalue weighted by Crippen LogP contribution is -2.30. The number of hydroxylamine groups is 2. The molecule has 0 unspecified atom stereocenters. The number of carboxylic acids is 1. The lowest BCUT2D eigenvalue weighted by atomic mass is 10.1. The summed E-state index contributed by atoms with van der Waals surface area (Å²) in [6.07, 6.45) is 1.48. The second-order valence-corrected chi connectivity index (χ2v) is 5.20. The Hall–Kier alpha value is -2.45. The van der Waals surface area contributed by atoms with Gasteiger partial charge in [0.2, 0.25) is 0 Å². The van der Waals surface area contributed by atoms with Crippen LogP contribution in [0.2, 0.25) is 0 Å². The fourth-order valence-corrected chi connectivity index (χ4v) is 1.83. The van der Waals surface area contributed by atoms with Crippen molar-refractivity contribution >= 4 is 17.8 Å². The van der Waals surface area contributed by atoms with E-state index in [4.69, 9.17) is 15.6 Å². The molecule has 0 aliphatic rings. The van der Waals surface area contributed by atoms with E-state index < -0.39 is 18.0 Å². The molecule has 8 nitrogen and oxygen atoms in total. The van der Waals surface area contributed by atoms with Crippen LogP contribution >= 0.6 is 0 Å². The maximum atomic E-state index is 11.7. The van der Waals surface area contributed by atoms with Gasteiger partial charge in [-0.3, -0.25) is 10.0 Å². The zero-order valence-corrected chi connectivity index (χ0v) is 13.6. The highest BCUT2D eigenvalue weighted by molar-refractivity contribution is 5.89. The summed E-state index contributed by atoms with van der Waals surface area (Å²) in [5.41, 5.74) is 5.82. The Morgan fingerprint density at radius 2 is 1.96 bits per heavy atom. The van der Waals surface area contributed by atoms with Crippen molar-refractivity contribution in [3.8, 4) is 0 Å². The highest BCUT2D eigenvalue weighted by Gasteiger charge is 2.11. The van der Waals surface area contributed by atoms with Crippen LogP contribution in [0.5, 0.6) is 0 Å². The summed E-state index contributed by atoms with van der Waals surface area (Å²) in [5.74, 6) is -1.22. The number of carboxylic acid groups (broad SMARTS) is 1. The predicted octanol–water partition coefficient (Wildman–Crippen LogP) is 1.49. The molecule has 0 spiro atoms. The molecule has 1 atom stereocenters. The van der Waals surface area contributed by atoms with Gasteiger partial charge in [-0.25, -0.2) is 14.9 Å². The second kappa shape index (κ2) is 10.3. The number of aliphatic carboxylic acids is 1. The lowest BCUT2D eigenvalue weighted by Gasteiger charge is -2.16. The van der Waals surface area contributed by atoms with E-state index in [1.54, 1.807) is 37.3 Å². The summed E-state index contributed by atoms with van der Waals surface area (Å²) in [5, 5.41) is 19.4. The minimum absolute atomic E-state index is 0.194. The molecule has 0 aliphatic heterocycles. The van der Waals surface area contributed by atoms with Crippen molar-refractivity contribution in [2.24, 2.45) is 10.7 Å². The summed E-state index contributed by atoms with van der Waals surface area (Å²) in [6.45, 7) is 1.67. The minimum atomic E-state index is -1.03. The van der Waals surface area contributed by atoms with Gasteiger partial charge in [-0.2, -0.15) is 0 Å². The Balaban J connectivity index is 2.27. The molecule has 0 radical (unpaired) electrons. The molecule has 0 amide bonds. The number of hydrogen-bond donors (Lipinski definition) is 3. The van der Waals surface area contributed by atoms with Crippen LogP contribution in [-0.2, 0) is 9.53 Å². The van der Waals surface area contributed by atoms with Crippen LogP contribution in [-0.4, -0.2) is 52.5 Å². The van der Waals surface area contributed by atoms with E-state index in [1.807, 2.05) is 0 Å². The highest BCUT2D eigenvalue weighted by Crippen LogP contribution is 2.03. The molecular weight excluding hydrogens is 314 g/mol. The van der Waals surface area contributed by atoms with Crippen molar-refractivity contribution in [3.05, 3.63) is 35.9 Å². The normalized spacial score (nSPS) is 12.5. The summed E-state index contributed by atoms with van der Waals surface area (Å²) in [6, 6.07) is 7.65. The second-order valence-electron chi connectivity index (χ2n) is 5.20. The van der Waals surface area contributed by atoms with Crippen LogP contribution < -0.4 is 5.73 Å². The smallest absolute Gasteiger partial charge is 0.339 e. The van der Waals surface area contributed by atoms with Gasteiger partial charge in [0.1, 0.15) is 11.9 Å². The molecule has 1 aromatic rings. The van der Waals surface area contributed by atoms with Crippen molar-refractivity contribution in [2.75, 3.05) is 13.3 Å². The molecule has 0 heterocycles. The minimum Gasteiger partial charge on any atom is -0.480 e. The average molecular weight is 337 g/mol. The first-order valence-electron chi connectivity index (χ1n) is 7.60. The van der Waals surface area contributed by atoms with Crippen LogP contribution in [0.1, 0.15) is 36.5 Å². The monoisotopic (exact) mass is 337 g/mol.